The normalized spacial score (nSPS) is 22.0. The topological polar surface area (TPSA) is 64.7 Å². The van der Waals surface area contributed by atoms with E-state index in [1.165, 1.54) is 0 Å². The zero-order chi connectivity index (χ0) is 11.5. The Labute approximate surface area is 95.0 Å². The van der Waals surface area contributed by atoms with Crippen molar-refractivity contribution in [3.8, 4) is 5.75 Å². The third kappa shape index (κ3) is 1.99. The molecular formula is C12H17NO3. The molecule has 0 aliphatic carbocycles. The number of hydrogen-bond acceptors (Lipinski definition) is 4. The van der Waals surface area contributed by atoms with Crippen molar-refractivity contribution in [2.24, 2.45) is 0 Å². The molecule has 88 valence electrons. The molecule has 0 spiro atoms. The molecule has 16 heavy (non-hydrogen) atoms. The summed E-state index contributed by atoms with van der Waals surface area (Å²) in [5.41, 5.74) is 7.10. The maximum absolute atomic E-state index is 10.2. The second kappa shape index (κ2) is 4.72. The van der Waals surface area contributed by atoms with E-state index in [1.54, 1.807) is 13.2 Å². The number of nitrogen functional groups attached to an aromatic ring is 1. The van der Waals surface area contributed by atoms with Gasteiger partial charge in [0.15, 0.2) is 0 Å². The highest BCUT2D eigenvalue weighted by molar-refractivity contribution is 5.59. The van der Waals surface area contributed by atoms with Crippen molar-refractivity contribution in [2.75, 3.05) is 19.5 Å². The van der Waals surface area contributed by atoms with Crippen LogP contribution in [-0.4, -0.2) is 24.9 Å². The monoisotopic (exact) mass is 223 g/mol. The summed E-state index contributed by atoms with van der Waals surface area (Å²) in [5.74, 6) is 0.592. The summed E-state index contributed by atoms with van der Waals surface area (Å²) in [7, 11) is 1.56. The summed E-state index contributed by atoms with van der Waals surface area (Å²) in [4.78, 5) is 0. The SMILES string of the molecule is COc1cccc(C(O)C2CCCO2)c1N. The number of ether oxygens (including phenoxy) is 2. The lowest BCUT2D eigenvalue weighted by atomic mass is 10.0. The number of para-hydroxylation sites is 1. The van der Waals surface area contributed by atoms with Crippen molar-refractivity contribution in [3.05, 3.63) is 23.8 Å². The Bertz CT molecular complexity index is 361. The van der Waals surface area contributed by atoms with Gasteiger partial charge in [-0.15, -0.1) is 0 Å². The lowest BCUT2D eigenvalue weighted by Crippen LogP contribution is -2.18. The number of hydrogen-bond donors (Lipinski definition) is 2. The zero-order valence-corrected chi connectivity index (χ0v) is 9.35. The molecule has 1 aromatic carbocycles. The summed E-state index contributed by atoms with van der Waals surface area (Å²) in [5, 5.41) is 10.2. The molecule has 0 bridgehead atoms. The second-order valence-corrected chi connectivity index (χ2v) is 3.96. The van der Waals surface area contributed by atoms with Gasteiger partial charge in [0.1, 0.15) is 11.9 Å². The van der Waals surface area contributed by atoms with Crippen LogP contribution in [0.4, 0.5) is 5.69 Å². The number of anilines is 1. The first-order chi connectivity index (χ1) is 7.74. The van der Waals surface area contributed by atoms with Gasteiger partial charge < -0.3 is 20.3 Å². The minimum Gasteiger partial charge on any atom is -0.495 e. The van der Waals surface area contributed by atoms with E-state index in [2.05, 4.69) is 0 Å². The largest absolute Gasteiger partial charge is 0.495 e. The van der Waals surface area contributed by atoms with E-state index in [0.29, 0.717) is 23.6 Å². The van der Waals surface area contributed by atoms with Gasteiger partial charge in [-0.05, 0) is 18.9 Å². The molecule has 1 aliphatic rings. The summed E-state index contributed by atoms with van der Waals surface area (Å²) in [6, 6.07) is 5.41. The lowest BCUT2D eigenvalue weighted by molar-refractivity contribution is -0.00228. The number of aliphatic hydroxyl groups is 1. The molecule has 1 heterocycles. The van der Waals surface area contributed by atoms with Gasteiger partial charge in [0.05, 0.1) is 18.9 Å². The molecule has 0 saturated carbocycles. The minimum atomic E-state index is -0.669. The van der Waals surface area contributed by atoms with Crippen LogP contribution in [0.15, 0.2) is 18.2 Å². The van der Waals surface area contributed by atoms with Crippen LogP contribution < -0.4 is 10.5 Å². The van der Waals surface area contributed by atoms with Gasteiger partial charge >= 0.3 is 0 Å². The highest BCUT2D eigenvalue weighted by Gasteiger charge is 2.27. The van der Waals surface area contributed by atoms with Crippen LogP contribution >= 0.6 is 0 Å². The molecule has 4 heteroatoms. The molecular weight excluding hydrogens is 206 g/mol. The summed E-state index contributed by atoms with van der Waals surface area (Å²) < 4.78 is 10.6. The van der Waals surface area contributed by atoms with Crippen LogP contribution in [0.2, 0.25) is 0 Å². The molecule has 3 N–H and O–H groups in total. The smallest absolute Gasteiger partial charge is 0.142 e. The number of rotatable bonds is 3. The minimum absolute atomic E-state index is 0.144. The Hall–Kier alpha value is -1.26. The predicted octanol–water partition coefficient (Wildman–Crippen LogP) is 1.49. The Morgan fingerprint density at radius 3 is 3.00 bits per heavy atom. The van der Waals surface area contributed by atoms with Gasteiger partial charge in [-0.3, -0.25) is 0 Å². The molecule has 0 aromatic heterocycles. The average molecular weight is 223 g/mol. The first-order valence-electron chi connectivity index (χ1n) is 5.46. The van der Waals surface area contributed by atoms with Crippen molar-refractivity contribution in [3.63, 3.8) is 0 Å². The van der Waals surface area contributed by atoms with Gasteiger partial charge in [0.2, 0.25) is 0 Å². The number of aliphatic hydroxyl groups excluding tert-OH is 1. The molecule has 4 nitrogen and oxygen atoms in total. The summed E-state index contributed by atoms with van der Waals surface area (Å²) in [6.45, 7) is 0.714. The van der Waals surface area contributed by atoms with Crippen molar-refractivity contribution in [1.82, 2.24) is 0 Å². The van der Waals surface area contributed by atoms with E-state index >= 15 is 0 Å². The molecule has 2 atom stereocenters. The van der Waals surface area contributed by atoms with Crippen LogP contribution in [0, 0.1) is 0 Å². The van der Waals surface area contributed by atoms with E-state index in [9.17, 15) is 5.11 Å². The van der Waals surface area contributed by atoms with Gasteiger partial charge in [-0.2, -0.15) is 0 Å². The molecule has 2 unspecified atom stereocenters. The van der Waals surface area contributed by atoms with Crippen molar-refractivity contribution < 1.29 is 14.6 Å². The first kappa shape index (κ1) is 11.2. The van der Waals surface area contributed by atoms with E-state index < -0.39 is 6.10 Å². The zero-order valence-electron chi connectivity index (χ0n) is 9.35. The average Bonchev–Trinajstić information content (AvgIpc) is 2.82. The number of methoxy groups -OCH3 is 1. The van der Waals surface area contributed by atoms with Gasteiger partial charge in [-0.1, -0.05) is 12.1 Å². The lowest BCUT2D eigenvalue weighted by Gasteiger charge is -2.20. The van der Waals surface area contributed by atoms with Gasteiger partial charge in [-0.25, -0.2) is 0 Å². The second-order valence-electron chi connectivity index (χ2n) is 3.96. The molecule has 2 rings (SSSR count). The molecule has 0 amide bonds. The fraction of sp³-hybridized carbons (Fsp3) is 0.500. The van der Waals surface area contributed by atoms with E-state index in [-0.39, 0.29) is 6.10 Å². The third-order valence-electron chi connectivity index (χ3n) is 2.96. The highest BCUT2D eigenvalue weighted by atomic mass is 16.5. The molecule has 1 aromatic rings. The quantitative estimate of drug-likeness (QED) is 0.762. The number of nitrogens with two attached hydrogens (primary N) is 1. The van der Waals surface area contributed by atoms with Gasteiger partial charge in [0, 0.05) is 12.2 Å². The van der Waals surface area contributed by atoms with E-state index in [1.807, 2.05) is 12.1 Å². The molecule has 0 radical (unpaired) electrons. The van der Waals surface area contributed by atoms with E-state index in [0.717, 1.165) is 12.8 Å². The molecule has 1 fully saturated rings. The van der Waals surface area contributed by atoms with Gasteiger partial charge in [0.25, 0.3) is 0 Å². The highest BCUT2D eigenvalue weighted by Crippen LogP contribution is 2.34. The maximum atomic E-state index is 10.2. The third-order valence-corrected chi connectivity index (χ3v) is 2.96. The summed E-state index contributed by atoms with van der Waals surface area (Å²) in [6.07, 6.45) is 1.05. The Morgan fingerprint density at radius 2 is 2.38 bits per heavy atom. The molecule has 1 saturated heterocycles. The molecule has 1 aliphatic heterocycles. The van der Waals surface area contributed by atoms with Crippen molar-refractivity contribution in [1.29, 1.82) is 0 Å². The fourth-order valence-electron chi connectivity index (χ4n) is 2.05. The standard InChI is InChI=1S/C12H17NO3/c1-15-9-5-2-4-8(11(9)13)12(14)10-6-3-7-16-10/h2,4-5,10,12,14H,3,6-7,13H2,1H3. The summed E-state index contributed by atoms with van der Waals surface area (Å²) >= 11 is 0. The first-order valence-corrected chi connectivity index (χ1v) is 5.46. The van der Waals surface area contributed by atoms with E-state index in [4.69, 9.17) is 15.2 Å². The maximum Gasteiger partial charge on any atom is 0.142 e. The Kier molecular flexibility index (Phi) is 3.31. The van der Waals surface area contributed by atoms with Crippen LogP contribution in [-0.2, 0) is 4.74 Å². The van der Waals surface area contributed by atoms with Crippen LogP contribution in [0.25, 0.3) is 0 Å². The van der Waals surface area contributed by atoms with Crippen LogP contribution in [0.5, 0.6) is 5.75 Å². The van der Waals surface area contributed by atoms with Crippen LogP contribution in [0.3, 0.4) is 0 Å². The van der Waals surface area contributed by atoms with Crippen LogP contribution in [0.1, 0.15) is 24.5 Å². The number of benzene rings is 1. The fourth-order valence-corrected chi connectivity index (χ4v) is 2.05. The van der Waals surface area contributed by atoms with Crippen molar-refractivity contribution in [2.45, 2.75) is 25.0 Å². The Morgan fingerprint density at radius 1 is 1.56 bits per heavy atom. The Balaban J connectivity index is 2.25. The predicted molar refractivity (Wildman–Crippen MR) is 61.3 cm³/mol. The van der Waals surface area contributed by atoms with Crippen molar-refractivity contribution >= 4 is 5.69 Å².